The van der Waals surface area contributed by atoms with Crippen molar-refractivity contribution >= 4 is 5.71 Å². The summed E-state index contributed by atoms with van der Waals surface area (Å²) in [6.45, 7) is 2.71. The Balaban J connectivity index is 1.83. The van der Waals surface area contributed by atoms with E-state index in [2.05, 4.69) is 10.1 Å². The zero-order valence-corrected chi connectivity index (χ0v) is 12.3. The van der Waals surface area contributed by atoms with E-state index in [0.717, 1.165) is 6.54 Å². The van der Waals surface area contributed by atoms with Crippen LogP contribution in [0.25, 0.3) is 0 Å². The van der Waals surface area contributed by atoms with E-state index in [-0.39, 0.29) is 5.82 Å². The van der Waals surface area contributed by atoms with Crippen molar-refractivity contribution in [3.63, 3.8) is 0 Å². The van der Waals surface area contributed by atoms with E-state index in [1.165, 1.54) is 6.07 Å². The molecule has 5 nitrogen and oxygen atoms in total. The highest BCUT2D eigenvalue weighted by molar-refractivity contribution is 6.02. The number of methoxy groups -OCH3 is 1. The van der Waals surface area contributed by atoms with Gasteiger partial charge in [-0.2, -0.15) is 0 Å². The number of ether oxygens (including phenoxy) is 2. The van der Waals surface area contributed by atoms with Gasteiger partial charge in [-0.05, 0) is 25.2 Å². The second-order valence-corrected chi connectivity index (χ2v) is 5.63. The molecular weight excluding hydrogens is 275 g/mol. The van der Waals surface area contributed by atoms with Gasteiger partial charge in [-0.1, -0.05) is 5.16 Å². The van der Waals surface area contributed by atoms with Crippen molar-refractivity contribution < 1.29 is 18.7 Å². The highest BCUT2D eigenvalue weighted by Gasteiger charge is 2.42. The van der Waals surface area contributed by atoms with Crippen LogP contribution in [0.5, 0.6) is 5.75 Å². The minimum absolute atomic E-state index is 0.321. The molecule has 1 aromatic carbocycles. The highest BCUT2D eigenvalue weighted by atomic mass is 19.1. The van der Waals surface area contributed by atoms with Gasteiger partial charge >= 0.3 is 0 Å². The molecule has 3 rings (SSSR count). The van der Waals surface area contributed by atoms with Gasteiger partial charge < -0.3 is 14.3 Å². The normalized spacial score (nSPS) is 26.3. The average Bonchev–Trinajstić information content (AvgIpc) is 2.78. The van der Waals surface area contributed by atoms with Crippen molar-refractivity contribution in [1.29, 1.82) is 0 Å². The van der Waals surface area contributed by atoms with Crippen LogP contribution in [-0.2, 0) is 9.57 Å². The van der Waals surface area contributed by atoms with Crippen molar-refractivity contribution in [1.82, 2.24) is 4.90 Å². The van der Waals surface area contributed by atoms with E-state index in [4.69, 9.17) is 14.3 Å². The van der Waals surface area contributed by atoms with E-state index < -0.39 is 5.60 Å². The maximum Gasteiger partial charge on any atom is 0.178 e. The number of likely N-dealkylation sites (N-methyl/N-ethyl adjacent to an activating group) is 1. The Morgan fingerprint density at radius 3 is 3.10 bits per heavy atom. The summed E-state index contributed by atoms with van der Waals surface area (Å²) in [5, 5.41) is 4.11. The van der Waals surface area contributed by atoms with Crippen LogP contribution < -0.4 is 4.74 Å². The lowest BCUT2D eigenvalue weighted by Gasteiger charge is -2.27. The number of halogens is 1. The maximum absolute atomic E-state index is 14.0. The molecule has 0 radical (unpaired) electrons. The van der Waals surface area contributed by atoms with E-state index in [0.29, 0.717) is 43.2 Å². The molecule has 21 heavy (non-hydrogen) atoms. The molecule has 1 saturated heterocycles. The lowest BCUT2D eigenvalue weighted by Crippen LogP contribution is -2.43. The molecular formula is C15H19FN2O3. The van der Waals surface area contributed by atoms with Crippen LogP contribution in [0.2, 0.25) is 0 Å². The Hall–Kier alpha value is -1.66. The van der Waals surface area contributed by atoms with Crippen molar-refractivity contribution in [3.8, 4) is 5.75 Å². The molecule has 1 fully saturated rings. The number of rotatable bonds is 2. The number of hydrogen-bond acceptors (Lipinski definition) is 5. The summed E-state index contributed by atoms with van der Waals surface area (Å²) in [6.07, 6.45) is 0.529. The van der Waals surface area contributed by atoms with Crippen molar-refractivity contribution in [2.75, 3.05) is 40.5 Å². The van der Waals surface area contributed by atoms with Gasteiger partial charge in [0.25, 0.3) is 0 Å². The molecule has 1 aromatic rings. The zero-order chi connectivity index (χ0) is 14.9. The molecule has 6 heteroatoms. The molecule has 2 heterocycles. The van der Waals surface area contributed by atoms with Gasteiger partial charge in [0.05, 0.1) is 26.0 Å². The summed E-state index contributed by atoms with van der Waals surface area (Å²) < 4.78 is 24.8. The van der Waals surface area contributed by atoms with Crippen LogP contribution in [-0.4, -0.2) is 56.7 Å². The van der Waals surface area contributed by atoms with E-state index in [9.17, 15) is 4.39 Å². The molecule has 1 spiro atoms. The Kier molecular flexibility index (Phi) is 3.82. The summed E-state index contributed by atoms with van der Waals surface area (Å²) in [4.78, 5) is 7.79. The Morgan fingerprint density at radius 2 is 2.29 bits per heavy atom. The Bertz CT molecular complexity index is 564. The SMILES string of the molecule is COc1ccc(F)c(C2=NOC3(COCCN(C)C3)C2)c1. The summed E-state index contributed by atoms with van der Waals surface area (Å²) >= 11 is 0. The molecule has 0 N–H and O–H groups in total. The first-order valence-electron chi connectivity index (χ1n) is 6.97. The van der Waals surface area contributed by atoms with Crippen molar-refractivity contribution in [2.45, 2.75) is 12.0 Å². The van der Waals surface area contributed by atoms with Gasteiger partial charge in [-0.25, -0.2) is 4.39 Å². The zero-order valence-electron chi connectivity index (χ0n) is 12.3. The number of oxime groups is 1. The molecule has 2 aliphatic heterocycles. The third-order valence-electron chi connectivity index (χ3n) is 3.86. The van der Waals surface area contributed by atoms with E-state index in [1.807, 2.05) is 7.05 Å². The minimum Gasteiger partial charge on any atom is -0.497 e. The van der Waals surface area contributed by atoms with Gasteiger partial charge in [0.15, 0.2) is 5.60 Å². The first-order valence-corrected chi connectivity index (χ1v) is 6.97. The smallest absolute Gasteiger partial charge is 0.178 e. The Labute approximate surface area is 123 Å². The van der Waals surface area contributed by atoms with Crippen LogP contribution in [0.1, 0.15) is 12.0 Å². The lowest BCUT2D eigenvalue weighted by atomic mass is 9.94. The van der Waals surface area contributed by atoms with Gasteiger partial charge in [0.2, 0.25) is 0 Å². The largest absolute Gasteiger partial charge is 0.497 e. The fraction of sp³-hybridized carbons (Fsp3) is 0.533. The maximum atomic E-state index is 14.0. The minimum atomic E-state index is -0.518. The fourth-order valence-electron chi connectivity index (χ4n) is 2.78. The summed E-state index contributed by atoms with van der Waals surface area (Å²) in [5.74, 6) is 0.280. The predicted molar refractivity (Wildman–Crippen MR) is 76.2 cm³/mol. The number of benzene rings is 1. The lowest BCUT2D eigenvalue weighted by molar-refractivity contribution is -0.0705. The van der Waals surface area contributed by atoms with Gasteiger partial charge in [0, 0.05) is 25.1 Å². The van der Waals surface area contributed by atoms with E-state index in [1.54, 1.807) is 19.2 Å². The van der Waals surface area contributed by atoms with Crippen molar-refractivity contribution in [3.05, 3.63) is 29.6 Å². The molecule has 0 amide bonds. The third kappa shape index (κ3) is 2.87. The third-order valence-corrected chi connectivity index (χ3v) is 3.86. The van der Waals surface area contributed by atoms with Crippen LogP contribution in [0.15, 0.2) is 23.4 Å². The second-order valence-electron chi connectivity index (χ2n) is 5.63. The standard InChI is InChI=1S/C15H19FN2O3/c1-18-5-6-20-10-15(9-18)8-14(17-21-15)12-7-11(19-2)3-4-13(12)16/h3-4,7H,5-6,8-10H2,1-2H3. The van der Waals surface area contributed by atoms with Crippen molar-refractivity contribution in [2.24, 2.45) is 5.16 Å². The van der Waals surface area contributed by atoms with Gasteiger partial charge in [-0.3, -0.25) is 4.90 Å². The summed E-state index contributed by atoms with van der Waals surface area (Å²) in [6, 6.07) is 4.63. The van der Waals surface area contributed by atoms with E-state index >= 15 is 0 Å². The predicted octanol–water partition coefficient (Wildman–Crippen LogP) is 1.66. The van der Waals surface area contributed by atoms with Gasteiger partial charge in [-0.15, -0.1) is 0 Å². The molecule has 0 saturated carbocycles. The fourth-order valence-corrected chi connectivity index (χ4v) is 2.78. The molecule has 1 atom stereocenters. The van der Waals surface area contributed by atoms with Crippen LogP contribution in [0.4, 0.5) is 4.39 Å². The molecule has 114 valence electrons. The molecule has 2 aliphatic rings. The topological polar surface area (TPSA) is 43.3 Å². The van der Waals surface area contributed by atoms with Crippen LogP contribution >= 0.6 is 0 Å². The number of nitrogens with zero attached hydrogens (tertiary/aromatic N) is 2. The quantitative estimate of drug-likeness (QED) is 0.832. The second kappa shape index (κ2) is 5.61. The first kappa shape index (κ1) is 14.3. The summed E-state index contributed by atoms with van der Waals surface area (Å²) in [7, 11) is 3.57. The molecule has 1 unspecified atom stereocenters. The highest BCUT2D eigenvalue weighted by Crippen LogP contribution is 2.31. The monoisotopic (exact) mass is 294 g/mol. The number of hydrogen-bond donors (Lipinski definition) is 0. The molecule has 0 aromatic heterocycles. The average molecular weight is 294 g/mol. The van der Waals surface area contributed by atoms with Gasteiger partial charge in [0.1, 0.15) is 11.6 Å². The molecule has 0 aliphatic carbocycles. The first-order chi connectivity index (χ1) is 10.1. The summed E-state index contributed by atoms with van der Waals surface area (Å²) in [5.41, 5.74) is 0.513. The molecule has 0 bridgehead atoms. The van der Waals surface area contributed by atoms with Crippen LogP contribution in [0, 0.1) is 5.82 Å². The van der Waals surface area contributed by atoms with Crippen LogP contribution in [0.3, 0.4) is 0 Å². The Morgan fingerprint density at radius 1 is 1.43 bits per heavy atom.